The third kappa shape index (κ3) is 5.79. The summed E-state index contributed by atoms with van der Waals surface area (Å²) in [6.45, 7) is 3.92. The third-order valence-corrected chi connectivity index (χ3v) is 10.1. The van der Waals surface area contributed by atoms with Crippen LogP contribution in [0.15, 0.2) is 188 Å². The Labute approximate surface area is 309 Å². The Kier molecular flexibility index (Phi) is 8.22. The van der Waals surface area contributed by atoms with Gasteiger partial charge in [0.05, 0.1) is 5.69 Å². The van der Waals surface area contributed by atoms with Crippen molar-refractivity contribution in [2.45, 2.75) is 0 Å². The summed E-state index contributed by atoms with van der Waals surface area (Å²) in [5, 5.41) is 9.85. The van der Waals surface area contributed by atoms with Gasteiger partial charge < -0.3 is 0 Å². The van der Waals surface area contributed by atoms with Gasteiger partial charge in [-0.15, -0.1) is 0 Å². The number of hydrogen-bond acceptors (Lipinski definition) is 3. The molecule has 0 unspecified atom stereocenters. The van der Waals surface area contributed by atoms with Gasteiger partial charge in [0.1, 0.15) is 0 Å². The Morgan fingerprint density at radius 3 is 1.85 bits per heavy atom. The first-order chi connectivity index (χ1) is 26.2. The predicted molar refractivity (Wildman–Crippen MR) is 226 cm³/mol. The molecule has 0 saturated carbocycles. The van der Waals surface area contributed by atoms with Gasteiger partial charge in [-0.3, -0.25) is 4.99 Å². The minimum absolute atomic E-state index is 0.683. The van der Waals surface area contributed by atoms with Crippen LogP contribution in [0.2, 0.25) is 0 Å². The van der Waals surface area contributed by atoms with E-state index in [1.54, 1.807) is 13.1 Å². The van der Waals surface area contributed by atoms with Crippen molar-refractivity contribution < 1.29 is 0 Å². The van der Waals surface area contributed by atoms with Crippen LogP contribution in [-0.4, -0.2) is 23.2 Å². The van der Waals surface area contributed by atoms with E-state index < -0.39 is 0 Å². The van der Waals surface area contributed by atoms with E-state index in [2.05, 4.69) is 169 Å². The molecule has 1 aromatic heterocycles. The van der Waals surface area contributed by atoms with Gasteiger partial charge in [0.15, 0.2) is 5.82 Å². The smallest absolute Gasteiger partial charge is 0.159 e. The number of aliphatic imine (C=N–C) groups is 1. The number of fused-ring (bicyclic) bond motifs is 7. The summed E-state index contributed by atoms with van der Waals surface area (Å²) in [6, 6.07) is 56.2. The summed E-state index contributed by atoms with van der Waals surface area (Å²) in [6.07, 6.45) is 7.61. The average molecular weight is 678 g/mol. The maximum absolute atomic E-state index is 5.37. The van der Waals surface area contributed by atoms with Crippen molar-refractivity contribution in [3.8, 4) is 44.9 Å². The van der Waals surface area contributed by atoms with Gasteiger partial charge in [0.25, 0.3) is 0 Å². The Morgan fingerprint density at radius 1 is 0.528 bits per heavy atom. The molecular weight excluding hydrogens is 643 g/mol. The van der Waals surface area contributed by atoms with Gasteiger partial charge in [-0.05, 0) is 83.0 Å². The minimum atomic E-state index is 0.683. The standard InChI is InChI=1S/C50H35N3/c1-3-12-39(31-51-2)36-15-10-16-37(29-36)48-32-52-50(38-27-28-46-44-20-7-6-18-42(44)43-19-8-9-21-45(43)47(46)30-38)53-49(48)35-25-23-34(24-26-35)41-22-11-14-33-13-4-5-17-40(33)41/h3-32H,1H2,2H3/b39-12+,51-31?. The summed E-state index contributed by atoms with van der Waals surface area (Å²) in [4.78, 5) is 14.7. The summed E-state index contributed by atoms with van der Waals surface area (Å²) < 4.78 is 0. The van der Waals surface area contributed by atoms with E-state index >= 15 is 0 Å². The minimum Gasteiger partial charge on any atom is -0.296 e. The van der Waals surface area contributed by atoms with E-state index in [9.17, 15) is 0 Å². The monoisotopic (exact) mass is 677 g/mol. The lowest BCUT2D eigenvalue weighted by Gasteiger charge is -2.15. The van der Waals surface area contributed by atoms with Crippen molar-refractivity contribution in [2.24, 2.45) is 4.99 Å². The maximum atomic E-state index is 5.37. The van der Waals surface area contributed by atoms with E-state index in [4.69, 9.17) is 9.97 Å². The zero-order valence-corrected chi connectivity index (χ0v) is 29.4. The highest BCUT2D eigenvalue weighted by Gasteiger charge is 2.16. The van der Waals surface area contributed by atoms with Crippen LogP contribution < -0.4 is 0 Å². The summed E-state index contributed by atoms with van der Waals surface area (Å²) in [5.41, 5.74) is 9.25. The van der Waals surface area contributed by atoms with Crippen molar-refractivity contribution in [2.75, 3.05) is 7.05 Å². The SMILES string of the molecule is C=C/C=C(\C=NC)c1cccc(-c2cnc(-c3ccc4c5ccccc5c5ccccc5c4c3)nc2-c2ccc(-c3cccc4ccccc34)cc2)c1. The molecular formula is C50H35N3. The van der Waals surface area contributed by atoms with Crippen LogP contribution in [0.4, 0.5) is 0 Å². The van der Waals surface area contributed by atoms with Gasteiger partial charge in [-0.1, -0.05) is 164 Å². The maximum Gasteiger partial charge on any atom is 0.159 e. The Balaban J connectivity index is 1.22. The van der Waals surface area contributed by atoms with Gasteiger partial charge >= 0.3 is 0 Å². The Bertz CT molecular complexity index is 2870. The Morgan fingerprint density at radius 2 is 1.13 bits per heavy atom. The van der Waals surface area contributed by atoms with Gasteiger partial charge in [-0.25, -0.2) is 9.97 Å². The normalized spacial score (nSPS) is 12.0. The second-order valence-electron chi connectivity index (χ2n) is 13.2. The molecule has 53 heavy (non-hydrogen) atoms. The Hall–Kier alpha value is -6.97. The molecule has 0 saturated heterocycles. The fraction of sp³-hybridized carbons (Fsp3) is 0.0200. The van der Waals surface area contributed by atoms with Crippen LogP contribution in [0.1, 0.15) is 5.56 Å². The fourth-order valence-corrected chi connectivity index (χ4v) is 7.63. The molecule has 9 rings (SSSR count). The van der Waals surface area contributed by atoms with E-state index in [-0.39, 0.29) is 0 Å². The number of benzene rings is 8. The highest BCUT2D eigenvalue weighted by atomic mass is 14.9. The zero-order chi connectivity index (χ0) is 35.7. The lowest BCUT2D eigenvalue weighted by molar-refractivity contribution is 1.18. The van der Waals surface area contributed by atoms with Crippen molar-refractivity contribution in [3.05, 3.63) is 188 Å². The molecule has 0 bridgehead atoms. The zero-order valence-electron chi connectivity index (χ0n) is 29.4. The van der Waals surface area contributed by atoms with Crippen LogP contribution >= 0.6 is 0 Å². The molecule has 0 radical (unpaired) electrons. The van der Waals surface area contributed by atoms with Crippen LogP contribution in [0, 0.1) is 0 Å². The van der Waals surface area contributed by atoms with Crippen LogP contribution in [-0.2, 0) is 0 Å². The first-order valence-corrected chi connectivity index (χ1v) is 17.8. The molecule has 250 valence electrons. The quantitative estimate of drug-likeness (QED) is 0.0956. The van der Waals surface area contributed by atoms with E-state index in [0.717, 1.165) is 44.6 Å². The molecule has 0 atom stereocenters. The number of nitrogens with zero attached hydrogens (tertiary/aromatic N) is 3. The molecule has 0 fully saturated rings. The molecule has 0 N–H and O–H groups in total. The lowest BCUT2D eigenvalue weighted by atomic mass is 9.93. The van der Waals surface area contributed by atoms with E-state index in [1.165, 1.54) is 48.7 Å². The molecule has 0 spiro atoms. The first kappa shape index (κ1) is 32.0. The summed E-state index contributed by atoms with van der Waals surface area (Å²) in [5.74, 6) is 0.683. The lowest BCUT2D eigenvalue weighted by Crippen LogP contribution is -1.97. The van der Waals surface area contributed by atoms with Crippen LogP contribution in [0.3, 0.4) is 0 Å². The molecule has 1 heterocycles. The van der Waals surface area contributed by atoms with E-state index in [1.807, 2.05) is 18.5 Å². The summed E-state index contributed by atoms with van der Waals surface area (Å²) >= 11 is 0. The highest BCUT2D eigenvalue weighted by Crippen LogP contribution is 2.39. The van der Waals surface area contributed by atoms with E-state index in [0.29, 0.717) is 5.82 Å². The third-order valence-electron chi connectivity index (χ3n) is 10.1. The highest BCUT2D eigenvalue weighted by molar-refractivity contribution is 6.25. The average Bonchev–Trinajstić information content (AvgIpc) is 3.23. The predicted octanol–water partition coefficient (Wildman–Crippen LogP) is 13.0. The topological polar surface area (TPSA) is 38.1 Å². The van der Waals surface area contributed by atoms with Crippen LogP contribution in [0.25, 0.3) is 93.6 Å². The van der Waals surface area contributed by atoms with Crippen molar-refractivity contribution in [1.82, 2.24) is 9.97 Å². The number of rotatable bonds is 7. The molecule has 8 aromatic carbocycles. The van der Waals surface area contributed by atoms with Gasteiger partial charge in [0.2, 0.25) is 0 Å². The second-order valence-corrected chi connectivity index (χ2v) is 13.2. The summed E-state index contributed by atoms with van der Waals surface area (Å²) in [7, 11) is 1.78. The first-order valence-electron chi connectivity index (χ1n) is 17.8. The van der Waals surface area contributed by atoms with Gasteiger partial charge in [-0.2, -0.15) is 0 Å². The second kappa shape index (κ2) is 13.6. The molecule has 3 heteroatoms. The number of hydrogen-bond donors (Lipinski definition) is 0. The van der Waals surface area contributed by atoms with Crippen molar-refractivity contribution >= 4 is 54.9 Å². The molecule has 0 aliphatic heterocycles. The number of allylic oxidation sites excluding steroid dienone is 3. The largest absolute Gasteiger partial charge is 0.296 e. The fourth-order valence-electron chi connectivity index (χ4n) is 7.63. The molecule has 3 nitrogen and oxygen atoms in total. The van der Waals surface area contributed by atoms with Gasteiger partial charge in [0, 0.05) is 36.1 Å². The molecule has 9 aromatic rings. The number of aromatic nitrogens is 2. The molecule has 0 amide bonds. The van der Waals surface area contributed by atoms with Crippen LogP contribution in [0.5, 0.6) is 0 Å². The van der Waals surface area contributed by atoms with Crippen molar-refractivity contribution in [1.29, 1.82) is 0 Å². The molecule has 0 aliphatic rings. The molecule has 0 aliphatic carbocycles. The van der Waals surface area contributed by atoms with Crippen molar-refractivity contribution in [3.63, 3.8) is 0 Å².